The summed E-state index contributed by atoms with van der Waals surface area (Å²) in [5.74, 6) is 0. The van der Waals surface area contributed by atoms with E-state index in [9.17, 15) is 0 Å². The van der Waals surface area contributed by atoms with Crippen LogP contribution in [0.25, 0.3) is 44.5 Å². The Morgan fingerprint density at radius 1 is 0.205 bits per heavy atom. The van der Waals surface area contributed by atoms with Crippen LogP contribution in [0.2, 0.25) is 0 Å². The Morgan fingerprint density at radius 3 is 0.652 bits per heavy atom. The molecule has 10 aromatic carbocycles. The van der Waals surface area contributed by atoms with Crippen LogP contribution in [0.1, 0.15) is 349 Å². The summed E-state index contributed by atoms with van der Waals surface area (Å²) in [5.41, 5.74) is 34.2. The van der Waals surface area contributed by atoms with E-state index >= 15 is 0 Å². The van der Waals surface area contributed by atoms with Gasteiger partial charge in [0.05, 0.1) is 0 Å². The number of hydrogen-bond acceptors (Lipinski definition) is 2. The number of fused-ring (bicyclic) bond motifs is 12. The third-order valence-electron chi connectivity index (χ3n) is 28.8. The molecule has 0 bridgehead atoms. The van der Waals surface area contributed by atoms with Crippen molar-refractivity contribution in [1.29, 1.82) is 0 Å². The van der Waals surface area contributed by atoms with Crippen molar-refractivity contribution in [2.24, 2.45) is 0 Å². The highest BCUT2D eigenvalue weighted by molar-refractivity contribution is 5.91. The van der Waals surface area contributed by atoms with Gasteiger partial charge >= 0.3 is 0 Å². The first-order chi connectivity index (χ1) is 55.1. The second kappa shape index (κ2) is 35.7. The molecule has 15 rings (SSSR count). The first kappa shape index (κ1) is 79.0. The second-order valence-corrected chi connectivity index (χ2v) is 35.5. The molecule has 0 spiro atoms. The minimum absolute atomic E-state index is 0.0288. The normalized spacial score (nSPS) is 16.5. The monoisotopic (exact) mass is 1480 g/mol. The van der Waals surface area contributed by atoms with E-state index in [1.165, 1.54) is 314 Å². The standard InChI is InChI=1S/C110H134N2/c1-9-17-25-41-77-110(76-40-24-16-8)101-51-33-29-47-93(101)97-67-63-89(81-105(97)110)112(88-62-66-96-92-46-28-32-50-100(92)109(104(96)80-88,74-38-22-14-6)75-39-23-15-7)85-58-54-83(55-59-85)106(68-42-43-69-106)82-52-56-84(57-53-82)111(86-60-64-94-90-44-26-30-48-98(90)107(102(94)78-86,70-34-18-10-2)71-35-19-11-3)87-61-65-95-91-45-27-31-49-99(91)108(103(95)79-87,72-36-20-12-4)73-37-21-13-5/h26-33,44-67,78-81H,9-25,34-43,68-77H2,1-8H3. The van der Waals surface area contributed by atoms with E-state index in [0.717, 1.165) is 12.8 Å². The van der Waals surface area contributed by atoms with Gasteiger partial charge in [-0.1, -0.05) is 374 Å². The molecule has 1 saturated carbocycles. The fourth-order valence-electron chi connectivity index (χ4n) is 23.1. The van der Waals surface area contributed by atoms with Crippen LogP contribution in [-0.4, -0.2) is 0 Å². The topological polar surface area (TPSA) is 6.48 Å². The number of nitrogens with zero attached hydrogens (tertiary/aromatic N) is 2. The average molecular weight is 1480 g/mol. The molecule has 0 amide bonds. The van der Waals surface area contributed by atoms with Gasteiger partial charge in [0.15, 0.2) is 0 Å². The molecule has 112 heavy (non-hydrogen) atoms. The molecule has 1 atom stereocenters. The Balaban J connectivity index is 0.865. The second-order valence-electron chi connectivity index (χ2n) is 35.5. The summed E-state index contributed by atoms with van der Waals surface area (Å²) in [7, 11) is 0. The summed E-state index contributed by atoms with van der Waals surface area (Å²) in [6.45, 7) is 19.0. The summed E-state index contributed by atoms with van der Waals surface area (Å²) in [6.07, 6.45) is 45.5. The zero-order valence-electron chi connectivity index (χ0n) is 70.3. The third kappa shape index (κ3) is 14.6. The minimum atomic E-state index is -0.121. The molecule has 0 N–H and O–H groups in total. The predicted octanol–water partition coefficient (Wildman–Crippen LogP) is 33.6. The fraction of sp³-hybridized carbons (Fsp3) is 0.455. The van der Waals surface area contributed by atoms with Gasteiger partial charge in [-0.25, -0.2) is 0 Å². The molecule has 2 nitrogen and oxygen atoms in total. The van der Waals surface area contributed by atoms with Crippen molar-refractivity contribution >= 4 is 34.1 Å². The van der Waals surface area contributed by atoms with Crippen molar-refractivity contribution < 1.29 is 0 Å². The highest BCUT2D eigenvalue weighted by Crippen LogP contribution is 2.62. The molecule has 0 aliphatic heterocycles. The summed E-state index contributed by atoms with van der Waals surface area (Å²) in [4.78, 5) is 5.40. The van der Waals surface area contributed by atoms with Gasteiger partial charge < -0.3 is 9.80 Å². The van der Waals surface area contributed by atoms with Crippen LogP contribution in [-0.2, 0) is 27.1 Å². The molecule has 0 heterocycles. The molecule has 2 heteroatoms. The zero-order chi connectivity index (χ0) is 77.1. The van der Waals surface area contributed by atoms with E-state index < -0.39 is 0 Å². The number of benzene rings is 10. The van der Waals surface area contributed by atoms with Crippen molar-refractivity contribution in [3.63, 3.8) is 0 Å². The molecule has 1 unspecified atom stereocenters. The largest absolute Gasteiger partial charge is 0.310 e. The quantitative estimate of drug-likeness (QED) is 0.0353. The molecular formula is C110H134N2. The van der Waals surface area contributed by atoms with Crippen LogP contribution in [0.3, 0.4) is 0 Å². The number of hydrogen-bond donors (Lipinski definition) is 0. The zero-order valence-corrected chi connectivity index (χ0v) is 70.3. The number of rotatable bonds is 41. The van der Waals surface area contributed by atoms with Crippen LogP contribution in [0.4, 0.5) is 34.1 Å². The van der Waals surface area contributed by atoms with E-state index in [2.05, 4.69) is 284 Å². The molecule has 10 aromatic rings. The van der Waals surface area contributed by atoms with E-state index in [1.54, 1.807) is 44.5 Å². The van der Waals surface area contributed by atoms with Crippen molar-refractivity contribution in [3.05, 3.63) is 274 Å². The lowest BCUT2D eigenvalue weighted by Crippen LogP contribution is -2.26. The van der Waals surface area contributed by atoms with Crippen LogP contribution in [0.5, 0.6) is 0 Å². The molecule has 5 aliphatic rings. The molecule has 1 fully saturated rings. The van der Waals surface area contributed by atoms with Gasteiger partial charge in [-0.15, -0.1) is 0 Å². The smallest absolute Gasteiger partial charge is 0.0465 e. The number of anilines is 6. The van der Waals surface area contributed by atoms with E-state index in [-0.39, 0.29) is 27.1 Å². The van der Waals surface area contributed by atoms with Crippen LogP contribution in [0, 0.1) is 0 Å². The van der Waals surface area contributed by atoms with E-state index in [4.69, 9.17) is 0 Å². The first-order valence-corrected chi connectivity index (χ1v) is 45.9. The SMILES string of the molecule is CCCCCCC1(CCCCC)c2ccccc2-c2ccc(N(c3ccc(C4(c5ccc(N(c6ccc7c(c6)C(CCCCC)(CCCCC)c6ccccc6-7)c6ccc7c(c6)C(CCCCC)(CCCCC)c6ccccc6-7)cc5)CCCC4)cc3)c3ccc4c(c3)C(CCCCC)(CCCCC)c3ccccc3-4)cc21. The van der Waals surface area contributed by atoms with Crippen LogP contribution in [0.15, 0.2) is 218 Å². The fourth-order valence-corrected chi connectivity index (χ4v) is 23.1. The first-order valence-electron chi connectivity index (χ1n) is 45.9. The van der Waals surface area contributed by atoms with Gasteiger partial charge in [0.1, 0.15) is 0 Å². The molecule has 0 aromatic heterocycles. The summed E-state index contributed by atoms with van der Waals surface area (Å²) < 4.78 is 0. The molecular weight excluding hydrogens is 1350 g/mol. The predicted molar refractivity (Wildman–Crippen MR) is 484 cm³/mol. The minimum Gasteiger partial charge on any atom is -0.310 e. The van der Waals surface area contributed by atoms with Crippen LogP contribution >= 0.6 is 0 Å². The van der Waals surface area contributed by atoms with Gasteiger partial charge in [0.2, 0.25) is 0 Å². The summed E-state index contributed by atoms with van der Waals surface area (Å²) >= 11 is 0. The Kier molecular flexibility index (Phi) is 25.2. The third-order valence-corrected chi connectivity index (χ3v) is 28.8. The highest BCUT2D eigenvalue weighted by Gasteiger charge is 2.48. The Bertz CT molecular complexity index is 4630. The molecule has 584 valence electrons. The lowest BCUT2D eigenvalue weighted by molar-refractivity contribution is 0.403. The number of unbranched alkanes of at least 4 members (excludes halogenated alkanes) is 17. The summed E-state index contributed by atoms with van der Waals surface area (Å²) in [5, 5.41) is 0. The van der Waals surface area contributed by atoms with Crippen molar-refractivity contribution in [1.82, 2.24) is 0 Å². The highest BCUT2D eigenvalue weighted by atomic mass is 15.1. The Labute approximate surface area is 678 Å². The van der Waals surface area contributed by atoms with Crippen molar-refractivity contribution in [2.45, 2.75) is 320 Å². The Morgan fingerprint density at radius 2 is 0.411 bits per heavy atom. The van der Waals surface area contributed by atoms with Crippen LogP contribution < -0.4 is 9.80 Å². The average Bonchev–Trinajstić information content (AvgIpc) is 1.57. The van der Waals surface area contributed by atoms with Gasteiger partial charge in [0.25, 0.3) is 0 Å². The molecule has 0 saturated heterocycles. The van der Waals surface area contributed by atoms with Crippen molar-refractivity contribution in [2.75, 3.05) is 9.80 Å². The molecule has 5 aliphatic carbocycles. The van der Waals surface area contributed by atoms with E-state index in [1.807, 2.05) is 0 Å². The van der Waals surface area contributed by atoms with Gasteiger partial charge in [-0.05, 0) is 237 Å². The lowest BCUT2D eigenvalue weighted by Gasteiger charge is -2.36. The summed E-state index contributed by atoms with van der Waals surface area (Å²) in [6, 6.07) is 89.7. The Hall–Kier alpha value is -8.20. The lowest BCUT2D eigenvalue weighted by atomic mass is 9.70. The maximum absolute atomic E-state index is 2.70. The van der Waals surface area contributed by atoms with Crippen molar-refractivity contribution in [3.8, 4) is 44.5 Å². The maximum atomic E-state index is 2.70. The van der Waals surface area contributed by atoms with Gasteiger partial charge in [0, 0.05) is 61.2 Å². The van der Waals surface area contributed by atoms with Gasteiger partial charge in [-0.2, -0.15) is 0 Å². The van der Waals surface area contributed by atoms with Gasteiger partial charge in [-0.3, -0.25) is 0 Å². The molecule has 0 radical (unpaired) electrons. The van der Waals surface area contributed by atoms with E-state index in [0.29, 0.717) is 0 Å². The maximum Gasteiger partial charge on any atom is 0.0465 e.